The van der Waals surface area contributed by atoms with Crippen LogP contribution in [0.25, 0.3) is 0 Å². The van der Waals surface area contributed by atoms with Crippen LogP contribution in [0.2, 0.25) is 0 Å². The Kier molecular flexibility index (Phi) is 4.37. The van der Waals surface area contributed by atoms with Crippen molar-refractivity contribution in [1.82, 2.24) is 0 Å². The maximum absolute atomic E-state index is 12.5. The summed E-state index contributed by atoms with van der Waals surface area (Å²) in [5.74, 6) is 0.426. The third-order valence-corrected chi connectivity index (χ3v) is 4.87. The fraction of sp³-hybridized carbons (Fsp3) is 0.294. The Bertz CT molecular complexity index is 738. The summed E-state index contributed by atoms with van der Waals surface area (Å²) < 4.78 is 30.3. The first-order valence-electron chi connectivity index (χ1n) is 6.95. The molecule has 0 saturated heterocycles. The molecule has 2 aromatic rings. The van der Waals surface area contributed by atoms with Crippen LogP contribution in [0.15, 0.2) is 41.3 Å². The molecular formula is C17H20O3S. The Balaban J connectivity index is 2.45. The number of benzene rings is 2. The van der Waals surface area contributed by atoms with Gasteiger partial charge in [0.2, 0.25) is 0 Å². The molecule has 4 heteroatoms. The predicted octanol–water partition coefficient (Wildman–Crippen LogP) is 3.94. The summed E-state index contributed by atoms with van der Waals surface area (Å²) in [5, 5.41) is 0. The minimum atomic E-state index is -3.81. The van der Waals surface area contributed by atoms with Crippen LogP contribution in [0, 0.1) is 20.8 Å². The molecule has 0 bridgehead atoms. The van der Waals surface area contributed by atoms with Gasteiger partial charge in [0.05, 0.1) is 0 Å². The molecule has 21 heavy (non-hydrogen) atoms. The number of hydrogen-bond donors (Lipinski definition) is 0. The largest absolute Gasteiger partial charge is 0.378 e. The standard InChI is InChI=1S/C17H20O3S/c1-5-15-10-13(3)17(14(4)11-15)20-21(18,19)16-9-7-6-8-12(16)2/h6-11H,5H2,1-4H3. The lowest BCUT2D eigenvalue weighted by molar-refractivity contribution is 0.481. The second-order valence-electron chi connectivity index (χ2n) is 5.22. The SMILES string of the molecule is CCc1cc(C)c(OS(=O)(=O)c2ccccc2C)c(C)c1. The first-order valence-corrected chi connectivity index (χ1v) is 8.36. The summed E-state index contributed by atoms with van der Waals surface area (Å²) in [6.07, 6.45) is 0.909. The van der Waals surface area contributed by atoms with Gasteiger partial charge in [0, 0.05) is 0 Å². The lowest BCUT2D eigenvalue weighted by Gasteiger charge is -2.14. The monoisotopic (exact) mass is 304 g/mol. The summed E-state index contributed by atoms with van der Waals surface area (Å²) in [4.78, 5) is 0.211. The molecule has 2 rings (SSSR count). The van der Waals surface area contributed by atoms with E-state index in [0.29, 0.717) is 11.3 Å². The van der Waals surface area contributed by atoms with E-state index in [2.05, 4.69) is 6.92 Å². The molecule has 0 atom stereocenters. The molecule has 0 amide bonds. The molecule has 0 aliphatic carbocycles. The van der Waals surface area contributed by atoms with E-state index in [4.69, 9.17) is 4.18 Å². The average molecular weight is 304 g/mol. The molecule has 0 aromatic heterocycles. The molecule has 0 aliphatic rings. The van der Waals surface area contributed by atoms with E-state index in [9.17, 15) is 8.42 Å². The summed E-state index contributed by atoms with van der Waals surface area (Å²) in [7, 11) is -3.81. The molecule has 0 unspecified atom stereocenters. The van der Waals surface area contributed by atoms with Gasteiger partial charge in [0.15, 0.2) is 0 Å². The average Bonchev–Trinajstić information content (AvgIpc) is 2.43. The quantitative estimate of drug-likeness (QED) is 0.804. The minimum absolute atomic E-state index is 0.211. The minimum Gasteiger partial charge on any atom is -0.378 e. The topological polar surface area (TPSA) is 43.4 Å². The van der Waals surface area contributed by atoms with Crippen LogP contribution in [0.5, 0.6) is 5.75 Å². The first kappa shape index (κ1) is 15.6. The summed E-state index contributed by atoms with van der Waals surface area (Å²) in [5.41, 5.74) is 3.52. The Morgan fingerprint density at radius 1 is 0.952 bits per heavy atom. The van der Waals surface area contributed by atoms with Crippen LogP contribution >= 0.6 is 0 Å². The van der Waals surface area contributed by atoms with E-state index < -0.39 is 10.1 Å². The van der Waals surface area contributed by atoms with E-state index in [1.807, 2.05) is 26.0 Å². The predicted molar refractivity (Wildman–Crippen MR) is 84.3 cm³/mol. The summed E-state index contributed by atoms with van der Waals surface area (Å²) >= 11 is 0. The highest BCUT2D eigenvalue weighted by atomic mass is 32.2. The molecule has 2 aromatic carbocycles. The van der Waals surface area contributed by atoms with Gasteiger partial charge in [-0.3, -0.25) is 0 Å². The van der Waals surface area contributed by atoms with Gasteiger partial charge in [-0.15, -0.1) is 0 Å². The van der Waals surface area contributed by atoms with Crippen molar-refractivity contribution in [2.24, 2.45) is 0 Å². The van der Waals surface area contributed by atoms with Gasteiger partial charge in [0.25, 0.3) is 0 Å². The van der Waals surface area contributed by atoms with Gasteiger partial charge in [-0.2, -0.15) is 8.42 Å². The molecular weight excluding hydrogens is 284 g/mol. The highest BCUT2D eigenvalue weighted by molar-refractivity contribution is 7.87. The van der Waals surface area contributed by atoms with Crippen molar-refractivity contribution in [2.45, 2.75) is 39.0 Å². The zero-order valence-electron chi connectivity index (χ0n) is 12.8. The smallest absolute Gasteiger partial charge is 0.339 e. The Hall–Kier alpha value is -1.81. The number of hydrogen-bond acceptors (Lipinski definition) is 3. The fourth-order valence-corrected chi connectivity index (χ4v) is 3.65. The van der Waals surface area contributed by atoms with Crippen molar-refractivity contribution in [3.63, 3.8) is 0 Å². The Labute approximate surface area is 126 Å². The molecule has 0 fully saturated rings. The van der Waals surface area contributed by atoms with Crippen LogP contribution in [0.3, 0.4) is 0 Å². The molecule has 0 saturated carbocycles. The first-order chi connectivity index (χ1) is 9.85. The van der Waals surface area contributed by atoms with Crippen LogP contribution in [-0.4, -0.2) is 8.42 Å². The molecule has 0 aliphatic heterocycles. The molecule has 0 radical (unpaired) electrons. The van der Waals surface area contributed by atoms with E-state index >= 15 is 0 Å². The van der Waals surface area contributed by atoms with Gasteiger partial charge in [-0.05, 0) is 55.5 Å². The van der Waals surface area contributed by atoms with Crippen molar-refractivity contribution in [1.29, 1.82) is 0 Å². The van der Waals surface area contributed by atoms with Crippen molar-refractivity contribution < 1.29 is 12.6 Å². The Morgan fingerprint density at radius 3 is 2.05 bits per heavy atom. The number of aryl methyl sites for hydroxylation is 4. The van der Waals surface area contributed by atoms with Gasteiger partial charge in [-0.1, -0.05) is 37.3 Å². The van der Waals surface area contributed by atoms with Crippen LogP contribution in [-0.2, 0) is 16.5 Å². The molecule has 3 nitrogen and oxygen atoms in total. The molecule has 0 spiro atoms. The zero-order valence-corrected chi connectivity index (χ0v) is 13.6. The normalized spacial score (nSPS) is 11.4. The Morgan fingerprint density at radius 2 is 1.52 bits per heavy atom. The summed E-state index contributed by atoms with van der Waals surface area (Å²) in [6, 6.07) is 10.8. The van der Waals surface area contributed by atoms with Crippen molar-refractivity contribution >= 4 is 10.1 Å². The van der Waals surface area contributed by atoms with E-state index in [1.165, 1.54) is 5.56 Å². The van der Waals surface area contributed by atoms with E-state index in [0.717, 1.165) is 17.5 Å². The maximum Gasteiger partial charge on any atom is 0.339 e. The van der Waals surface area contributed by atoms with Gasteiger partial charge in [0.1, 0.15) is 10.6 Å². The van der Waals surface area contributed by atoms with Gasteiger partial charge >= 0.3 is 10.1 Å². The van der Waals surface area contributed by atoms with Crippen molar-refractivity contribution in [2.75, 3.05) is 0 Å². The van der Waals surface area contributed by atoms with Crippen LogP contribution in [0.4, 0.5) is 0 Å². The summed E-state index contributed by atoms with van der Waals surface area (Å²) in [6.45, 7) is 7.57. The van der Waals surface area contributed by atoms with Gasteiger partial charge in [-0.25, -0.2) is 0 Å². The molecule has 112 valence electrons. The maximum atomic E-state index is 12.5. The molecule has 0 heterocycles. The number of rotatable bonds is 4. The van der Waals surface area contributed by atoms with Crippen LogP contribution < -0.4 is 4.18 Å². The third-order valence-electron chi connectivity index (χ3n) is 3.48. The second-order valence-corrected chi connectivity index (χ2v) is 6.73. The zero-order chi connectivity index (χ0) is 15.6. The van der Waals surface area contributed by atoms with Crippen molar-refractivity contribution in [3.05, 3.63) is 58.7 Å². The van der Waals surface area contributed by atoms with E-state index in [1.54, 1.807) is 31.2 Å². The highest BCUT2D eigenvalue weighted by Crippen LogP contribution is 2.29. The second kappa shape index (κ2) is 5.90. The van der Waals surface area contributed by atoms with Crippen molar-refractivity contribution in [3.8, 4) is 5.75 Å². The third kappa shape index (κ3) is 3.27. The van der Waals surface area contributed by atoms with Gasteiger partial charge < -0.3 is 4.18 Å². The fourth-order valence-electron chi connectivity index (χ4n) is 2.37. The molecule has 0 N–H and O–H groups in total. The van der Waals surface area contributed by atoms with Crippen LogP contribution in [0.1, 0.15) is 29.2 Å². The highest BCUT2D eigenvalue weighted by Gasteiger charge is 2.21. The van der Waals surface area contributed by atoms with E-state index in [-0.39, 0.29) is 4.90 Å². The lowest BCUT2D eigenvalue weighted by Crippen LogP contribution is -2.12. The lowest BCUT2D eigenvalue weighted by atomic mass is 10.0.